The second-order valence-electron chi connectivity index (χ2n) is 6.84. The molecule has 0 aliphatic carbocycles. The summed E-state index contributed by atoms with van der Waals surface area (Å²) in [6.07, 6.45) is -3.36. The molecule has 166 valence electrons. The summed E-state index contributed by atoms with van der Waals surface area (Å²) in [5.41, 5.74) is 2.83. The highest BCUT2D eigenvalue weighted by Gasteiger charge is 2.33. The number of alkyl halides is 3. The van der Waals surface area contributed by atoms with Gasteiger partial charge in [0, 0.05) is 23.0 Å². The minimum atomic E-state index is -4.71. The summed E-state index contributed by atoms with van der Waals surface area (Å²) in [5, 5.41) is 24.5. The van der Waals surface area contributed by atoms with Gasteiger partial charge < -0.3 is 9.67 Å². The maximum absolute atomic E-state index is 12.8. The van der Waals surface area contributed by atoms with E-state index < -0.39 is 28.3 Å². The highest BCUT2D eigenvalue weighted by molar-refractivity contribution is 5.92. The number of nitro groups is 1. The van der Waals surface area contributed by atoms with Crippen LogP contribution in [0.2, 0.25) is 0 Å². The number of carboxylic acids is 1. The maximum Gasteiger partial charge on any atom is 0.416 e. The van der Waals surface area contributed by atoms with Gasteiger partial charge in [0.2, 0.25) is 0 Å². The van der Waals surface area contributed by atoms with Gasteiger partial charge in [0.1, 0.15) is 5.69 Å². The van der Waals surface area contributed by atoms with E-state index in [4.69, 9.17) is 0 Å². The number of halogens is 3. The lowest BCUT2D eigenvalue weighted by Gasteiger charge is -2.12. The summed E-state index contributed by atoms with van der Waals surface area (Å²) in [4.78, 5) is 21.8. The van der Waals surface area contributed by atoms with Crippen molar-refractivity contribution in [1.29, 1.82) is 0 Å². The first kappa shape index (κ1) is 22.5. The minimum Gasteiger partial charge on any atom is -0.478 e. The summed E-state index contributed by atoms with van der Waals surface area (Å²) in [6, 6.07) is 10.3. The zero-order valence-electron chi connectivity index (χ0n) is 16.8. The fourth-order valence-electron chi connectivity index (χ4n) is 3.26. The number of hydrogen-bond acceptors (Lipinski definition) is 5. The van der Waals surface area contributed by atoms with Crippen molar-refractivity contribution in [3.8, 4) is 5.69 Å². The summed E-state index contributed by atoms with van der Waals surface area (Å²) in [6.45, 7) is 3.52. The number of aromatic carboxylic acids is 1. The van der Waals surface area contributed by atoms with Crippen LogP contribution in [0.25, 0.3) is 5.69 Å². The Morgan fingerprint density at radius 2 is 1.88 bits per heavy atom. The van der Waals surface area contributed by atoms with Crippen molar-refractivity contribution in [2.75, 3.05) is 5.43 Å². The number of nitrogens with one attached hydrogen (secondary N) is 1. The number of aromatic nitrogens is 1. The van der Waals surface area contributed by atoms with Gasteiger partial charge in [-0.15, -0.1) is 0 Å². The van der Waals surface area contributed by atoms with Gasteiger partial charge in [-0.25, -0.2) is 4.79 Å². The van der Waals surface area contributed by atoms with E-state index in [1.165, 1.54) is 12.3 Å². The Balaban J connectivity index is 1.92. The van der Waals surface area contributed by atoms with Crippen molar-refractivity contribution in [1.82, 2.24) is 4.57 Å². The van der Waals surface area contributed by atoms with Crippen LogP contribution >= 0.6 is 0 Å². The van der Waals surface area contributed by atoms with Crippen molar-refractivity contribution in [3.63, 3.8) is 0 Å². The van der Waals surface area contributed by atoms with Crippen LogP contribution in [0.4, 0.5) is 24.5 Å². The summed E-state index contributed by atoms with van der Waals surface area (Å²) in [5.74, 6) is -1.08. The van der Waals surface area contributed by atoms with E-state index in [0.717, 1.165) is 17.8 Å². The van der Waals surface area contributed by atoms with Crippen molar-refractivity contribution in [2.45, 2.75) is 20.0 Å². The number of rotatable bonds is 6. The SMILES string of the molecule is Cc1cc(/C=N/Nc2ccc(C(F)(F)F)cc2[N+](=O)[O-])c(C)n1-c1ccccc1C(=O)O. The molecule has 2 N–H and O–H groups in total. The molecule has 3 rings (SSSR count). The van der Waals surface area contributed by atoms with E-state index in [1.807, 2.05) is 0 Å². The minimum absolute atomic E-state index is 0.108. The van der Waals surface area contributed by atoms with Crippen molar-refractivity contribution < 1.29 is 28.0 Å². The lowest BCUT2D eigenvalue weighted by Crippen LogP contribution is -2.08. The molecule has 0 radical (unpaired) electrons. The molecule has 11 heteroatoms. The Kier molecular flexibility index (Phi) is 6.01. The van der Waals surface area contributed by atoms with Gasteiger partial charge in [0.25, 0.3) is 5.69 Å². The maximum atomic E-state index is 12.8. The molecule has 0 aliphatic rings. The van der Waals surface area contributed by atoms with Crippen LogP contribution in [0.1, 0.15) is 32.9 Å². The Labute approximate surface area is 179 Å². The Hall–Kier alpha value is -4.15. The van der Waals surface area contributed by atoms with Crippen LogP contribution in [0.15, 0.2) is 53.6 Å². The average molecular weight is 446 g/mol. The van der Waals surface area contributed by atoms with E-state index in [1.54, 1.807) is 42.7 Å². The number of aryl methyl sites for hydroxylation is 1. The summed E-state index contributed by atoms with van der Waals surface area (Å²) < 4.78 is 40.2. The van der Waals surface area contributed by atoms with Gasteiger partial charge in [0.05, 0.1) is 28.0 Å². The number of carboxylic acid groups (broad SMARTS) is 1. The topological polar surface area (TPSA) is 110 Å². The highest BCUT2D eigenvalue weighted by atomic mass is 19.4. The number of nitro benzene ring substituents is 1. The number of para-hydroxylation sites is 1. The number of hydrazone groups is 1. The Morgan fingerprint density at radius 3 is 2.50 bits per heavy atom. The van der Waals surface area contributed by atoms with Crippen LogP contribution in [-0.4, -0.2) is 26.8 Å². The van der Waals surface area contributed by atoms with Crippen molar-refractivity contribution in [3.05, 3.63) is 86.7 Å². The third-order valence-corrected chi connectivity index (χ3v) is 4.76. The van der Waals surface area contributed by atoms with Gasteiger partial charge >= 0.3 is 12.1 Å². The van der Waals surface area contributed by atoms with Gasteiger partial charge in [-0.2, -0.15) is 18.3 Å². The molecule has 0 aliphatic heterocycles. The molecular weight excluding hydrogens is 429 g/mol. The molecule has 0 saturated carbocycles. The van der Waals surface area contributed by atoms with Crippen molar-refractivity contribution >= 4 is 23.6 Å². The molecule has 3 aromatic rings. The zero-order valence-corrected chi connectivity index (χ0v) is 16.8. The highest BCUT2D eigenvalue weighted by Crippen LogP contribution is 2.35. The molecule has 1 heterocycles. The molecule has 0 saturated heterocycles. The van der Waals surface area contributed by atoms with E-state index in [-0.39, 0.29) is 11.3 Å². The molecule has 0 unspecified atom stereocenters. The van der Waals surface area contributed by atoms with E-state index in [2.05, 4.69) is 10.5 Å². The number of carbonyl (C=O) groups is 1. The quantitative estimate of drug-likeness (QED) is 0.309. The predicted molar refractivity (Wildman–Crippen MR) is 112 cm³/mol. The van der Waals surface area contributed by atoms with Gasteiger partial charge in [-0.1, -0.05) is 12.1 Å². The number of anilines is 1. The fourth-order valence-corrected chi connectivity index (χ4v) is 3.26. The smallest absolute Gasteiger partial charge is 0.416 e. The Bertz CT molecular complexity index is 1230. The van der Waals surface area contributed by atoms with Crippen LogP contribution in [0, 0.1) is 24.0 Å². The molecule has 0 amide bonds. The largest absolute Gasteiger partial charge is 0.478 e. The molecule has 1 aromatic heterocycles. The molecule has 0 bridgehead atoms. The zero-order chi connectivity index (χ0) is 23.6. The second kappa shape index (κ2) is 8.53. The third kappa shape index (κ3) is 4.46. The fraction of sp³-hybridized carbons (Fsp3) is 0.143. The molecule has 2 aromatic carbocycles. The molecule has 0 atom stereocenters. The molecule has 8 nitrogen and oxygen atoms in total. The first-order valence-corrected chi connectivity index (χ1v) is 9.17. The standard InChI is InChI=1S/C21H17F3N4O4/c1-12-9-14(13(2)27(12)18-6-4-3-5-16(18)20(29)30)11-25-26-17-8-7-15(21(22,23)24)10-19(17)28(31)32/h3-11,26H,1-2H3,(H,29,30)/b25-11+. The van der Waals surface area contributed by atoms with Crippen molar-refractivity contribution in [2.24, 2.45) is 5.10 Å². The number of benzene rings is 2. The third-order valence-electron chi connectivity index (χ3n) is 4.76. The van der Waals surface area contributed by atoms with Gasteiger partial charge in [0.15, 0.2) is 0 Å². The average Bonchev–Trinajstić information content (AvgIpc) is 3.00. The molecule has 0 spiro atoms. The van der Waals surface area contributed by atoms with Crippen LogP contribution < -0.4 is 5.43 Å². The van der Waals surface area contributed by atoms with E-state index in [0.29, 0.717) is 23.0 Å². The monoisotopic (exact) mass is 446 g/mol. The number of nitrogens with zero attached hydrogens (tertiary/aromatic N) is 3. The van der Waals surface area contributed by atoms with Gasteiger partial charge in [-0.05, 0) is 44.2 Å². The van der Waals surface area contributed by atoms with E-state index >= 15 is 0 Å². The first-order valence-electron chi connectivity index (χ1n) is 9.17. The lowest BCUT2D eigenvalue weighted by molar-refractivity contribution is -0.384. The van der Waals surface area contributed by atoms with Crippen LogP contribution in [-0.2, 0) is 6.18 Å². The van der Waals surface area contributed by atoms with Gasteiger partial charge in [-0.3, -0.25) is 15.5 Å². The van der Waals surface area contributed by atoms with Crippen LogP contribution in [0.3, 0.4) is 0 Å². The Morgan fingerprint density at radius 1 is 1.19 bits per heavy atom. The first-order chi connectivity index (χ1) is 15.0. The van der Waals surface area contributed by atoms with E-state index in [9.17, 15) is 33.2 Å². The molecular formula is C21H17F3N4O4. The predicted octanol–water partition coefficient (Wildman–Crippen LogP) is 5.17. The lowest BCUT2D eigenvalue weighted by atomic mass is 10.1. The normalized spacial score (nSPS) is 11.7. The summed E-state index contributed by atoms with van der Waals surface area (Å²) >= 11 is 0. The molecule has 32 heavy (non-hydrogen) atoms. The van der Waals surface area contributed by atoms with Crippen LogP contribution in [0.5, 0.6) is 0 Å². The molecule has 0 fully saturated rings. The second-order valence-corrected chi connectivity index (χ2v) is 6.84. The number of hydrogen-bond donors (Lipinski definition) is 2. The summed E-state index contributed by atoms with van der Waals surface area (Å²) in [7, 11) is 0.